The van der Waals surface area contributed by atoms with E-state index in [1.165, 1.54) is 6.07 Å². The van der Waals surface area contributed by atoms with Crippen molar-refractivity contribution in [1.29, 1.82) is 0 Å². The minimum atomic E-state index is -1.14. The number of carboxylic acid groups (broad SMARTS) is 1. The normalized spacial score (nSPS) is 23.3. The van der Waals surface area contributed by atoms with E-state index in [0.29, 0.717) is 12.8 Å². The number of carbonyl (C=O) groups is 1. The van der Waals surface area contributed by atoms with Crippen molar-refractivity contribution >= 4 is 21.9 Å². The number of benzene rings is 1. The van der Waals surface area contributed by atoms with Crippen molar-refractivity contribution in [3.05, 3.63) is 33.8 Å². The molecule has 1 aliphatic heterocycles. The quantitative estimate of drug-likeness (QED) is 0.836. The van der Waals surface area contributed by atoms with Gasteiger partial charge in [0.15, 0.2) is 0 Å². The molecule has 0 bridgehead atoms. The Balaban J connectivity index is 2.37. The summed E-state index contributed by atoms with van der Waals surface area (Å²) in [7, 11) is 0. The van der Waals surface area contributed by atoms with Gasteiger partial charge in [0.2, 0.25) is 0 Å². The number of nitrogens with one attached hydrogen (secondary N) is 1. The summed E-state index contributed by atoms with van der Waals surface area (Å²) in [4.78, 5) is 11.5. The molecule has 0 aromatic heterocycles. The molecule has 0 amide bonds. The summed E-state index contributed by atoms with van der Waals surface area (Å²) in [6.45, 7) is 0.964. The molecule has 1 saturated heterocycles. The van der Waals surface area contributed by atoms with Crippen LogP contribution in [0.15, 0.2) is 16.6 Å². The van der Waals surface area contributed by atoms with Gasteiger partial charge in [0, 0.05) is 12.1 Å². The highest BCUT2D eigenvalue weighted by Gasteiger charge is 2.41. The van der Waals surface area contributed by atoms with Crippen molar-refractivity contribution < 1.29 is 18.7 Å². The average Bonchev–Trinajstić information content (AvgIpc) is 2.40. The van der Waals surface area contributed by atoms with E-state index < -0.39 is 23.0 Å². The molecule has 1 aromatic rings. The minimum absolute atomic E-state index is 0.146. The maximum absolute atomic E-state index is 14.0. The standard InChI is InChI=1S/C13H14BrF2NO2/c14-9-2-3-10(15)8(11(9)16)6-13(12(18)19)4-1-5-17-7-13/h2-3,17H,1,4-7H2,(H,18,19). The van der Waals surface area contributed by atoms with Gasteiger partial charge in [0.05, 0.1) is 9.89 Å². The topological polar surface area (TPSA) is 49.3 Å². The van der Waals surface area contributed by atoms with Crippen LogP contribution in [0.2, 0.25) is 0 Å². The summed E-state index contributed by atoms with van der Waals surface area (Å²) in [6.07, 6.45) is 0.955. The molecule has 0 aliphatic carbocycles. The number of hydrogen-bond donors (Lipinski definition) is 2. The van der Waals surface area contributed by atoms with Gasteiger partial charge in [-0.25, -0.2) is 8.78 Å². The molecule has 2 rings (SSSR count). The molecule has 0 spiro atoms. The predicted octanol–water partition coefficient (Wildman–Crippen LogP) is 2.72. The van der Waals surface area contributed by atoms with Crippen molar-refractivity contribution in [3.8, 4) is 0 Å². The third-order valence-electron chi connectivity index (χ3n) is 3.58. The molecule has 2 N–H and O–H groups in total. The summed E-state index contributed by atoms with van der Waals surface area (Å²) < 4.78 is 27.8. The molecule has 1 aliphatic rings. The molecule has 1 aromatic carbocycles. The molecular formula is C13H14BrF2NO2. The zero-order valence-electron chi connectivity index (χ0n) is 10.2. The first-order valence-electron chi connectivity index (χ1n) is 6.03. The Morgan fingerprint density at radius 1 is 1.47 bits per heavy atom. The predicted molar refractivity (Wildman–Crippen MR) is 69.9 cm³/mol. The highest BCUT2D eigenvalue weighted by Crippen LogP contribution is 2.34. The Hall–Kier alpha value is -1.01. The molecule has 1 fully saturated rings. The number of piperidine rings is 1. The molecule has 1 atom stereocenters. The maximum atomic E-state index is 14.0. The van der Waals surface area contributed by atoms with Crippen LogP contribution in [-0.2, 0) is 11.2 Å². The molecule has 0 radical (unpaired) electrons. The fourth-order valence-corrected chi connectivity index (χ4v) is 2.82. The lowest BCUT2D eigenvalue weighted by Gasteiger charge is -2.34. The van der Waals surface area contributed by atoms with E-state index in [0.717, 1.165) is 12.6 Å². The van der Waals surface area contributed by atoms with Crippen LogP contribution < -0.4 is 5.32 Å². The average molecular weight is 334 g/mol. The molecule has 0 saturated carbocycles. The number of hydrogen-bond acceptors (Lipinski definition) is 2. The lowest BCUT2D eigenvalue weighted by Crippen LogP contribution is -2.47. The number of halogens is 3. The van der Waals surface area contributed by atoms with Gasteiger partial charge in [0.1, 0.15) is 11.6 Å². The summed E-state index contributed by atoms with van der Waals surface area (Å²) >= 11 is 2.99. The fourth-order valence-electron chi connectivity index (χ4n) is 2.45. The zero-order chi connectivity index (χ0) is 14.0. The van der Waals surface area contributed by atoms with Crippen LogP contribution in [0.3, 0.4) is 0 Å². The van der Waals surface area contributed by atoms with Crippen LogP contribution in [0.1, 0.15) is 18.4 Å². The van der Waals surface area contributed by atoms with Crippen molar-refractivity contribution in [2.75, 3.05) is 13.1 Å². The molecule has 19 heavy (non-hydrogen) atoms. The van der Waals surface area contributed by atoms with E-state index in [-0.39, 0.29) is 23.0 Å². The van der Waals surface area contributed by atoms with Crippen molar-refractivity contribution in [2.45, 2.75) is 19.3 Å². The molecule has 6 heteroatoms. The van der Waals surface area contributed by atoms with Crippen LogP contribution in [0.5, 0.6) is 0 Å². The Bertz CT molecular complexity index is 502. The lowest BCUT2D eigenvalue weighted by atomic mass is 9.75. The van der Waals surface area contributed by atoms with E-state index in [1.54, 1.807) is 0 Å². The first-order chi connectivity index (χ1) is 8.96. The number of rotatable bonds is 3. The second kappa shape index (κ2) is 5.54. The van der Waals surface area contributed by atoms with Crippen molar-refractivity contribution in [3.63, 3.8) is 0 Å². The van der Waals surface area contributed by atoms with Gasteiger partial charge >= 0.3 is 5.97 Å². The molecular weight excluding hydrogens is 320 g/mol. The molecule has 1 unspecified atom stereocenters. The Kier molecular flexibility index (Phi) is 4.20. The Morgan fingerprint density at radius 2 is 2.21 bits per heavy atom. The maximum Gasteiger partial charge on any atom is 0.311 e. The molecule has 104 valence electrons. The highest BCUT2D eigenvalue weighted by molar-refractivity contribution is 9.10. The van der Waals surface area contributed by atoms with Gasteiger partial charge < -0.3 is 10.4 Å². The Labute approximate surface area is 118 Å². The number of aliphatic carboxylic acids is 1. The van der Waals surface area contributed by atoms with E-state index in [4.69, 9.17) is 0 Å². The summed E-state index contributed by atoms with van der Waals surface area (Å²) in [6, 6.07) is 2.43. The largest absolute Gasteiger partial charge is 0.481 e. The Morgan fingerprint density at radius 3 is 2.79 bits per heavy atom. The summed E-state index contributed by atoms with van der Waals surface area (Å²) in [5.41, 5.74) is -1.30. The number of carboxylic acids is 1. The van der Waals surface area contributed by atoms with Crippen molar-refractivity contribution in [2.24, 2.45) is 5.41 Å². The van der Waals surface area contributed by atoms with Crippen LogP contribution in [0.4, 0.5) is 8.78 Å². The van der Waals surface area contributed by atoms with Crippen molar-refractivity contribution in [1.82, 2.24) is 5.32 Å². The first kappa shape index (κ1) is 14.4. The molecule has 1 heterocycles. The van der Waals surface area contributed by atoms with Crippen LogP contribution in [-0.4, -0.2) is 24.2 Å². The zero-order valence-corrected chi connectivity index (χ0v) is 11.8. The fraction of sp³-hybridized carbons (Fsp3) is 0.462. The van der Waals surface area contributed by atoms with Gasteiger partial charge in [-0.2, -0.15) is 0 Å². The SMILES string of the molecule is O=C(O)C1(Cc2c(F)ccc(Br)c2F)CCCNC1. The lowest BCUT2D eigenvalue weighted by molar-refractivity contribution is -0.150. The van der Waals surface area contributed by atoms with Crippen LogP contribution in [0.25, 0.3) is 0 Å². The molecule has 3 nitrogen and oxygen atoms in total. The van der Waals surface area contributed by atoms with E-state index >= 15 is 0 Å². The van der Waals surface area contributed by atoms with E-state index in [1.807, 2.05) is 0 Å². The highest BCUT2D eigenvalue weighted by atomic mass is 79.9. The minimum Gasteiger partial charge on any atom is -0.481 e. The first-order valence-corrected chi connectivity index (χ1v) is 6.82. The van der Waals surface area contributed by atoms with Gasteiger partial charge in [-0.05, 0) is 53.9 Å². The van der Waals surface area contributed by atoms with Crippen LogP contribution >= 0.6 is 15.9 Å². The van der Waals surface area contributed by atoms with Gasteiger partial charge in [-0.1, -0.05) is 0 Å². The smallest absolute Gasteiger partial charge is 0.311 e. The van der Waals surface area contributed by atoms with Gasteiger partial charge in [-0.3, -0.25) is 4.79 Å². The third-order valence-corrected chi connectivity index (χ3v) is 4.19. The van der Waals surface area contributed by atoms with Gasteiger partial charge in [0.25, 0.3) is 0 Å². The van der Waals surface area contributed by atoms with Gasteiger partial charge in [-0.15, -0.1) is 0 Å². The second-order valence-electron chi connectivity index (χ2n) is 4.86. The monoisotopic (exact) mass is 333 g/mol. The van der Waals surface area contributed by atoms with Crippen LogP contribution in [0, 0.1) is 17.0 Å². The van der Waals surface area contributed by atoms with E-state index in [9.17, 15) is 18.7 Å². The van der Waals surface area contributed by atoms with E-state index in [2.05, 4.69) is 21.2 Å². The summed E-state index contributed by atoms with van der Waals surface area (Å²) in [5, 5.41) is 12.4. The second-order valence-corrected chi connectivity index (χ2v) is 5.72. The third kappa shape index (κ3) is 2.79. The summed E-state index contributed by atoms with van der Waals surface area (Å²) in [5.74, 6) is -2.43.